The van der Waals surface area contributed by atoms with Gasteiger partial charge in [-0.25, -0.2) is 4.79 Å². The van der Waals surface area contributed by atoms with E-state index in [0.29, 0.717) is 32.1 Å². The van der Waals surface area contributed by atoms with Crippen LogP contribution in [0.1, 0.15) is 17.5 Å². The second kappa shape index (κ2) is 9.23. The SMILES string of the molecule is Cc1cccc(C)c1OC[C@H](O)CN1C(=O)N[C@@H](CC(=O)N2CCOCC2)C1=O. The zero-order chi connectivity index (χ0) is 21.0. The molecular weight excluding hydrogens is 378 g/mol. The number of aliphatic hydroxyl groups excluding tert-OH is 1. The average Bonchev–Trinajstić information content (AvgIpc) is 2.95. The summed E-state index contributed by atoms with van der Waals surface area (Å²) in [5.74, 6) is -0.0341. The largest absolute Gasteiger partial charge is 0.490 e. The number of nitrogens with zero attached hydrogens (tertiary/aromatic N) is 2. The number of para-hydroxylation sites is 1. The van der Waals surface area contributed by atoms with Crippen molar-refractivity contribution < 1.29 is 29.0 Å². The van der Waals surface area contributed by atoms with Crippen LogP contribution >= 0.6 is 0 Å². The number of benzene rings is 1. The van der Waals surface area contributed by atoms with Gasteiger partial charge in [-0.3, -0.25) is 14.5 Å². The van der Waals surface area contributed by atoms with Crippen LogP contribution in [0, 0.1) is 13.8 Å². The number of ether oxygens (including phenoxy) is 2. The third-order valence-corrected chi connectivity index (χ3v) is 5.07. The van der Waals surface area contributed by atoms with Gasteiger partial charge in [0.2, 0.25) is 5.91 Å². The number of β-amino-alcohol motifs (C(OH)–C–C–N with tert-alkyl or cyclic N) is 1. The molecule has 2 N–H and O–H groups in total. The third-order valence-electron chi connectivity index (χ3n) is 5.07. The van der Waals surface area contributed by atoms with Gasteiger partial charge in [-0.05, 0) is 25.0 Å². The Hall–Kier alpha value is -2.65. The van der Waals surface area contributed by atoms with Crippen LogP contribution in [0.15, 0.2) is 18.2 Å². The summed E-state index contributed by atoms with van der Waals surface area (Å²) in [7, 11) is 0. The number of hydrogen-bond acceptors (Lipinski definition) is 6. The Labute approximate surface area is 169 Å². The van der Waals surface area contributed by atoms with E-state index in [0.717, 1.165) is 16.0 Å². The van der Waals surface area contributed by atoms with Crippen LogP contribution in [0.4, 0.5) is 4.79 Å². The summed E-state index contributed by atoms with van der Waals surface area (Å²) < 4.78 is 10.9. The number of carbonyl (C=O) groups excluding carboxylic acids is 3. The van der Waals surface area contributed by atoms with E-state index in [9.17, 15) is 19.5 Å². The maximum Gasteiger partial charge on any atom is 0.324 e. The molecule has 2 saturated heterocycles. The first-order chi connectivity index (χ1) is 13.9. The lowest BCUT2D eigenvalue weighted by molar-refractivity contribution is -0.138. The third kappa shape index (κ3) is 5.04. The Kier molecular flexibility index (Phi) is 6.71. The predicted octanol–water partition coefficient (Wildman–Crippen LogP) is 0.212. The minimum atomic E-state index is -1.04. The van der Waals surface area contributed by atoms with Gasteiger partial charge in [-0.1, -0.05) is 18.2 Å². The molecule has 0 radical (unpaired) electrons. The first-order valence-electron chi connectivity index (χ1n) is 9.71. The van der Waals surface area contributed by atoms with Crippen molar-refractivity contribution >= 4 is 17.8 Å². The molecule has 0 aliphatic carbocycles. The molecule has 0 aromatic heterocycles. The molecule has 0 saturated carbocycles. The van der Waals surface area contributed by atoms with Crippen molar-refractivity contribution in [3.63, 3.8) is 0 Å². The topological polar surface area (TPSA) is 108 Å². The molecule has 2 fully saturated rings. The molecule has 2 atom stereocenters. The van der Waals surface area contributed by atoms with Gasteiger partial charge >= 0.3 is 6.03 Å². The first kappa shape index (κ1) is 21.1. The lowest BCUT2D eigenvalue weighted by Crippen LogP contribution is -2.44. The number of amides is 4. The van der Waals surface area contributed by atoms with Crippen molar-refractivity contribution in [2.75, 3.05) is 39.5 Å². The zero-order valence-corrected chi connectivity index (χ0v) is 16.7. The number of rotatable bonds is 7. The fraction of sp³-hybridized carbons (Fsp3) is 0.550. The summed E-state index contributed by atoms with van der Waals surface area (Å²) in [6.45, 7) is 5.45. The van der Waals surface area contributed by atoms with Gasteiger partial charge in [-0.2, -0.15) is 0 Å². The van der Waals surface area contributed by atoms with E-state index in [2.05, 4.69) is 5.32 Å². The summed E-state index contributed by atoms with van der Waals surface area (Å²) in [4.78, 5) is 39.6. The lowest BCUT2D eigenvalue weighted by atomic mass is 10.1. The van der Waals surface area contributed by atoms with Crippen molar-refractivity contribution in [3.05, 3.63) is 29.3 Å². The molecule has 9 heteroatoms. The van der Waals surface area contributed by atoms with Crippen LogP contribution < -0.4 is 10.1 Å². The zero-order valence-electron chi connectivity index (χ0n) is 16.7. The van der Waals surface area contributed by atoms with E-state index in [-0.39, 0.29) is 25.5 Å². The smallest absolute Gasteiger partial charge is 0.324 e. The molecular formula is C20H27N3O6. The van der Waals surface area contributed by atoms with E-state index in [4.69, 9.17) is 9.47 Å². The molecule has 0 spiro atoms. The van der Waals surface area contributed by atoms with E-state index in [1.807, 2.05) is 32.0 Å². The standard InChI is InChI=1S/C20H27N3O6/c1-13-4-3-5-14(2)18(13)29-12-15(24)11-23-19(26)16(21-20(23)27)10-17(25)22-6-8-28-9-7-22/h3-5,15-16,24H,6-12H2,1-2H3,(H,21,27)/t15-,16+/m1/s1. The number of carbonyl (C=O) groups is 3. The van der Waals surface area contributed by atoms with Crippen LogP contribution in [0.3, 0.4) is 0 Å². The molecule has 0 unspecified atom stereocenters. The van der Waals surface area contributed by atoms with E-state index in [1.54, 1.807) is 4.90 Å². The van der Waals surface area contributed by atoms with E-state index in [1.165, 1.54) is 0 Å². The minimum absolute atomic E-state index is 0.0554. The van der Waals surface area contributed by atoms with Crippen LogP contribution in [-0.2, 0) is 14.3 Å². The highest BCUT2D eigenvalue weighted by Crippen LogP contribution is 2.22. The minimum Gasteiger partial charge on any atom is -0.490 e. The maximum absolute atomic E-state index is 12.5. The van der Waals surface area contributed by atoms with E-state index >= 15 is 0 Å². The number of urea groups is 1. The lowest BCUT2D eigenvalue weighted by Gasteiger charge is -2.27. The van der Waals surface area contributed by atoms with Crippen LogP contribution in [0.5, 0.6) is 5.75 Å². The number of aryl methyl sites for hydroxylation is 2. The predicted molar refractivity (Wildman–Crippen MR) is 103 cm³/mol. The fourth-order valence-electron chi connectivity index (χ4n) is 3.47. The normalized spacial score (nSPS) is 20.6. The number of morpholine rings is 1. The summed E-state index contributed by atoms with van der Waals surface area (Å²) in [6, 6.07) is 4.20. The number of aliphatic hydroxyl groups is 1. The van der Waals surface area contributed by atoms with Gasteiger partial charge in [0.1, 0.15) is 24.5 Å². The Balaban J connectivity index is 1.52. The molecule has 1 aromatic carbocycles. The summed E-state index contributed by atoms with van der Waals surface area (Å²) >= 11 is 0. The molecule has 4 amide bonds. The van der Waals surface area contributed by atoms with Gasteiger partial charge in [-0.15, -0.1) is 0 Å². The highest BCUT2D eigenvalue weighted by atomic mass is 16.5. The Morgan fingerprint density at radius 3 is 2.59 bits per heavy atom. The Bertz CT molecular complexity index is 757. The summed E-state index contributed by atoms with van der Waals surface area (Å²) in [5, 5.41) is 12.8. The average molecular weight is 405 g/mol. The second-order valence-electron chi connectivity index (χ2n) is 7.33. The quantitative estimate of drug-likeness (QED) is 0.628. The van der Waals surface area contributed by atoms with Crippen molar-refractivity contribution in [2.45, 2.75) is 32.4 Å². The highest BCUT2D eigenvalue weighted by molar-refractivity contribution is 6.05. The molecule has 2 heterocycles. The number of nitrogens with one attached hydrogen (secondary N) is 1. The van der Waals surface area contributed by atoms with Gasteiger partial charge in [0.15, 0.2) is 0 Å². The van der Waals surface area contributed by atoms with Crippen LogP contribution in [0.25, 0.3) is 0 Å². The fourth-order valence-corrected chi connectivity index (χ4v) is 3.47. The summed E-state index contributed by atoms with van der Waals surface area (Å²) in [5.41, 5.74) is 1.88. The second-order valence-corrected chi connectivity index (χ2v) is 7.33. The highest BCUT2D eigenvalue weighted by Gasteiger charge is 2.40. The molecule has 2 aliphatic heterocycles. The monoisotopic (exact) mass is 405 g/mol. The Morgan fingerprint density at radius 1 is 1.28 bits per heavy atom. The number of hydrogen-bond donors (Lipinski definition) is 2. The Morgan fingerprint density at radius 2 is 1.93 bits per heavy atom. The van der Waals surface area contributed by atoms with Crippen LogP contribution in [-0.4, -0.2) is 84.4 Å². The molecule has 29 heavy (non-hydrogen) atoms. The molecule has 9 nitrogen and oxygen atoms in total. The van der Waals surface area contributed by atoms with Crippen molar-refractivity contribution in [2.24, 2.45) is 0 Å². The van der Waals surface area contributed by atoms with Crippen LogP contribution in [0.2, 0.25) is 0 Å². The van der Waals surface area contributed by atoms with E-state index < -0.39 is 24.1 Å². The summed E-state index contributed by atoms with van der Waals surface area (Å²) in [6.07, 6.45) is -1.15. The van der Waals surface area contributed by atoms with Crippen molar-refractivity contribution in [1.29, 1.82) is 0 Å². The molecule has 1 aromatic rings. The molecule has 3 rings (SSSR count). The van der Waals surface area contributed by atoms with Crippen molar-refractivity contribution in [1.82, 2.24) is 15.1 Å². The molecule has 0 bridgehead atoms. The van der Waals surface area contributed by atoms with Crippen molar-refractivity contribution in [3.8, 4) is 5.75 Å². The molecule has 2 aliphatic rings. The number of imide groups is 1. The van der Waals surface area contributed by atoms with Gasteiger partial charge in [0.25, 0.3) is 5.91 Å². The maximum atomic E-state index is 12.5. The molecule has 158 valence electrons. The first-order valence-corrected chi connectivity index (χ1v) is 9.71. The van der Waals surface area contributed by atoms with Gasteiger partial charge < -0.3 is 24.8 Å². The van der Waals surface area contributed by atoms with Gasteiger partial charge in [0, 0.05) is 13.1 Å². The van der Waals surface area contributed by atoms with Gasteiger partial charge in [0.05, 0.1) is 26.2 Å².